The molecule has 1 saturated heterocycles. The van der Waals surface area contributed by atoms with Crippen LogP contribution in [0.1, 0.15) is 17.2 Å². The largest absolute Gasteiger partial charge is 0.360 e. The van der Waals surface area contributed by atoms with Crippen molar-refractivity contribution in [1.82, 2.24) is 4.90 Å². The Morgan fingerprint density at radius 3 is 2.25 bits per heavy atom. The molecule has 2 aromatic rings. The molecule has 2 N–H and O–H groups in total. The Hall–Kier alpha value is -1.27. The highest BCUT2D eigenvalue weighted by Crippen LogP contribution is 2.23. The van der Waals surface area contributed by atoms with Gasteiger partial charge in [-0.05, 0) is 30.0 Å². The van der Waals surface area contributed by atoms with Crippen molar-refractivity contribution < 1.29 is 4.79 Å². The SMILES string of the molecule is Cc1ccc(C(N)C(=O)N2CCN(c3cccs3)CC2)cc1.Cl.Cl. The molecule has 1 atom stereocenters. The van der Waals surface area contributed by atoms with E-state index in [1.54, 1.807) is 11.3 Å². The number of piperazine rings is 1. The maximum Gasteiger partial charge on any atom is 0.244 e. The van der Waals surface area contributed by atoms with E-state index in [0.29, 0.717) is 0 Å². The highest BCUT2D eigenvalue weighted by atomic mass is 35.5. The van der Waals surface area contributed by atoms with Crippen LogP contribution in [0.2, 0.25) is 0 Å². The van der Waals surface area contributed by atoms with Crippen LogP contribution in [-0.4, -0.2) is 37.0 Å². The number of carbonyl (C=O) groups excluding carboxylic acids is 1. The normalized spacial score (nSPS) is 15.2. The van der Waals surface area contributed by atoms with Gasteiger partial charge in [0.2, 0.25) is 5.91 Å². The Balaban J connectivity index is 0.00000144. The summed E-state index contributed by atoms with van der Waals surface area (Å²) in [6.07, 6.45) is 0. The first-order chi connectivity index (χ1) is 10.6. The maximum absolute atomic E-state index is 12.6. The summed E-state index contributed by atoms with van der Waals surface area (Å²) in [5.41, 5.74) is 8.21. The van der Waals surface area contributed by atoms with E-state index in [1.807, 2.05) is 36.1 Å². The van der Waals surface area contributed by atoms with E-state index in [-0.39, 0.29) is 30.7 Å². The molecule has 3 rings (SSSR count). The predicted octanol–water partition coefficient (Wildman–Crippen LogP) is 3.25. The molecule has 0 bridgehead atoms. The smallest absolute Gasteiger partial charge is 0.244 e. The third-order valence-corrected chi connectivity index (χ3v) is 5.04. The molecule has 132 valence electrons. The molecule has 1 aliphatic heterocycles. The number of hydrogen-bond donors (Lipinski definition) is 1. The number of carbonyl (C=O) groups is 1. The van der Waals surface area contributed by atoms with Gasteiger partial charge in [-0.25, -0.2) is 0 Å². The third kappa shape index (κ3) is 4.63. The molecule has 0 saturated carbocycles. The van der Waals surface area contributed by atoms with Crippen molar-refractivity contribution in [2.75, 3.05) is 31.1 Å². The fraction of sp³-hybridized carbons (Fsp3) is 0.353. The second-order valence-electron chi connectivity index (χ2n) is 5.65. The summed E-state index contributed by atoms with van der Waals surface area (Å²) in [6, 6.07) is 11.5. The molecule has 1 unspecified atom stereocenters. The fourth-order valence-electron chi connectivity index (χ4n) is 2.71. The fourth-order valence-corrected chi connectivity index (χ4v) is 3.50. The average molecular weight is 388 g/mol. The monoisotopic (exact) mass is 387 g/mol. The highest BCUT2D eigenvalue weighted by Gasteiger charge is 2.26. The van der Waals surface area contributed by atoms with E-state index in [0.717, 1.165) is 31.7 Å². The van der Waals surface area contributed by atoms with Gasteiger partial charge in [-0.1, -0.05) is 29.8 Å². The Kier molecular flexibility index (Phi) is 8.03. The van der Waals surface area contributed by atoms with Crippen molar-refractivity contribution in [3.8, 4) is 0 Å². The van der Waals surface area contributed by atoms with Crippen LogP contribution in [0, 0.1) is 6.92 Å². The molecule has 0 radical (unpaired) electrons. The summed E-state index contributed by atoms with van der Waals surface area (Å²) in [7, 11) is 0. The zero-order valence-electron chi connectivity index (χ0n) is 13.6. The summed E-state index contributed by atoms with van der Waals surface area (Å²) in [4.78, 5) is 16.8. The molecule has 1 aliphatic rings. The minimum absolute atomic E-state index is 0. The number of nitrogens with zero attached hydrogens (tertiary/aromatic N) is 2. The number of nitrogens with two attached hydrogens (primary N) is 1. The number of anilines is 1. The molecule has 2 heterocycles. The summed E-state index contributed by atoms with van der Waals surface area (Å²) >= 11 is 1.74. The van der Waals surface area contributed by atoms with E-state index in [4.69, 9.17) is 5.73 Å². The molecule has 0 aliphatic carbocycles. The van der Waals surface area contributed by atoms with E-state index in [1.165, 1.54) is 10.6 Å². The number of amides is 1. The van der Waals surface area contributed by atoms with Crippen molar-refractivity contribution in [1.29, 1.82) is 0 Å². The van der Waals surface area contributed by atoms with Crippen molar-refractivity contribution in [3.63, 3.8) is 0 Å². The zero-order valence-corrected chi connectivity index (χ0v) is 16.0. The minimum Gasteiger partial charge on any atom is -0.360 e. The Morgan fingerprint density at radius 2 is 1.71 bits per heavy atom. The first-order valence-electron chi connectivity index (χ1n) is 7.54. The minimum atomic E-state index is -0.561. The van der Waals surface area contributed by atoms with Crippen molar-refractivity contribution in [2.45, 2.75) is 13.0 Å². The molecule has 1 fully saturated rings. The standard InChI is InChI=1S/C17H21N3OS.2ClH/c1-13-4-6-14(7-5-13)16(18)17(21)20-10-8-19(9-11-20)15-3-2-12-22-15;;/h2-7,12,16H,8-11,18H2,1H3;2*1H. The van der Waals surface area contributed by atoms with Gasteiger partial charge in [0.25, 0.3) is 0 Å². The molecule has 1 aromatic carbocycles. The molecule has 4 nitrogen and oxygen atoms in total. The Labute approximate surface area is 159 Å². The Morgan fingerprint density at radius 1 is 1.08 bits per heavy atom. The number of hydrogen-bond acceptors (Lipinski definition) is 4. The van der Waals surface area contributed by atoms with Gasteiger partial charge < -0.3 is 15.5 Å². The predicted molar refractivity (Wildman–Crippen MR) is 106 cm³/mol. The van der Waals surface area contributed by atoms with Gasteiger partial charge >= 0.3 is 0 Å². The second-order valence-corrected chi connectivity index (χ2v) is 6.58. The first-order valence-corrected chi connectivity index (χ1v) is 8.42. The molecule has 7 heteroatoms. The summed E-state index contributed by atoms with van der Waals surface area (Å²) in [6.45, 7) is 5.23. The van der Waals surface area contributed by atoms with Crippen LogP contribution in [0.4, 0.5) is 5.00 Å². The van der Waals surface area contributed by atoms with Gasteiger partial charge in [0.05, 0.1) is 5.00 Å². The quantitative estimate of drug-likeness (QED) is 0.878. The van der Waals surface area contributed by atoms with Crippen molar-refractivity contribution in [2.24, 2.45) is 5.73 Å². The molecule has 1 aromatic heterocycles. The van der Waals surface area contributed by atoms with Crippen LogP contribution in [0.15, 0.2) is 41.8 Å². The van der Waals surface area contributed by atoms with Crippen molar-refractivity contribution in [3.05, 3.63) is 52.9 Å². The van der Waals surface area contributed by atoms with E-state index >= 15 is 0 Å². The summed E-state index contributed by atoms with van der Waals surface area (Å²) < 4.78 is 0. The van der Waals surface area contributed by atoms with Crippen LogP contribution < -0.4 is 10.6 Å². The lowest BCUT2D eigenvalue weighted by atomic mass is 10.0. The van der Waals surface area contributed by atoms with Crippen LogP contribution in [-0.2, 0) is 4.79 Å². The van der Waals surface area contributed by atoms with Gasteiger partial charge in [0.15, 0.2) is 0 Å². The summed E-state index contributed by atoms with van der Waals surface area (Å²) in [5, 5.41) is 3.36. The van der Waals surface area contributed by atoms with E-state index < -0.39 is 6.04 Å². The zero-order chi connectivity index (χ0) is 15.5. The number of halogens is 2. The van der Waals surface area contributed by atoms with Crippen LogP contribution in [0.25, 0.3) is 0 Å². The van der Waals surface area contributed by atoms with Crippen molar-refractivity contribution >= 4 is 47.1 Å². The lowest BCUT2D eigenvalue weighted by Crippen LogP contribution is -2.51. The van der Waals surface area contributed by atoms with Gasteiger partial charge in [-0.3, -0.25) is 4.79 Å². The Bertz CT molecular complexity index is 626. The van der Waals surface area contributed by atoms with Crippen LogP contribution in [0.5, 0.6) is 0 Å². The van der Waals surface area contributed by atoms with Gasteiger partial charge in [0, 0.05) is 26.2 Å². The number of thiophene rings is 1. The van der Waals surface area contributed by atoms with E-state index in [2.05, 4.69) is 22.4 Å². The molecule has 0 spiro atoms. The number of aryl methyl sites for hydroxylation is 1. The summed E-state index contributed by atoms with van der Waals surface area (Å²) in [5.74, 6) is 0.0229. The molecule has 1 amide bonds. The van der Waals surface area contributed by atoms with Crippen LogP contribution >= 0.6 is 36.2 Å². The molecule has 24 heavy (non-hydrogen) atoms. The van der Waals surface area contributed by atoms with E-state index in [9.17, 15) is 4.79 Å². The average Bonchev–Trinajstić information content (AvgIpc) is 3.09. The highest BCUT2D eigenvalue weighted by molar-refractivity contribution is 7.14. The number of rotatable bonds is 3. The topological polar surface area (TPSA) is 49.6 Å². The lowest BCUT2D eigenvalue weighted by Gasteiger charge is -2.36. The van der Waals surface area contributed by atoms with Gasteiger partial charge in [-0.15, -0.1) is 36.2 Å². The van der Waals surface area contributed by atoms with Crippen LogP contribution in [0.3, 0.4) is 0 Å². The maximum atomic E-state index is 12.6. The molecular formula is C17H23Cl2N3OS. The number of benzene rings is 1. The first kappa shape index (κ1) is 20.8. The third-order valence-electron chi connectivity index (χ3n) is 4.11. The van der Waals surface area contributed by atoms with Gasteiger partial charge in [0.1, 0.15) is 6.04 Å². The van der Waals surface area contributed by atoms with Gasteiger partial charge in [-0.2, -0.15) is 0 Å². The second kappa shape index (κ2) is 9.28. The lowest BCUT2D eigenvalue weighted by molar-refractivity contribution is -0.133. The molecular weight excluding hydrogens is 365 g/mol.